The van der Waals surface area contributed by atoms with Gasteiger partial charge in [0.1, 0.15) is 23.9 Å². The lowest BCUT2D eigenvalue weighted by molar-refractivity contribution is 0.156. The lowest BCUT2D eigenvalue weighted by Gasteiger charge is -2.32. The number of benzene rings is 1. The van der Waals surface area contributed by atoms with E-state index in [1.807, 2.05) is 0 Å². The first-order valence-corrected chi connectivity index (χ1v) is 9.36. The first-order valence-electron chi connectivity index (χ1n) is 9.36. The molecule has 0 spiro atoms. The van der Waals surface area contributed by atoms with E-state index in [-0.39, 0.29) is 46.8 Å². The van der Waals surface area contributed by atoms with E-state index >= 15 is 0 Å². The lowest BCUT2D eigenvalue weighted by atomic mass is 10.1. The van der Waals surface area contributed by atoms with Crippen molar-refractivity contribution in [1.29, 1.82) is 0 Å². The molecule has 10 nitrogen and oxygen atoms in total. The molecule has 1 fully saturated rings. The van der Waals surface area contributed by atoms with Crippen LogP contribution < -0.4 is 25.8 Å². The summed E-state index contributed by atoms with van der Waals surface area (Å²) in [4.78, 5) is 17.1. The van der Waals surface area contributed by atoms with Crippen LogP contribution in [0, 0.1) is 11.6 Å². The Kier molecular flexibility index (Phi) is 5.52. The zero-order valence-corrected chi connectivity index (χ0v) is 16.2. The maximum Gasteiger partial charge on any atom is 0.318 e. The number of hydrogen-bond acceptors (Lipinski definition) is 10. The Morgan fingerprint density at radius 2 is 1.84 bits per heavy atom. The average Bonchev–Trinajstić information content (AvgIpc) is 2.72. The van der Waals surface area contributed by atoms with Crippen LogP contribution in [0.3, 0.4) is 0 Å². The van der Waals surface area contributed by atoms with Crippen LogP contribution in [0.25, 0.3) is 0 Å². The van der Waals surface area contributed by atoms with Gasteiger partial charge in [0.05, 0.1) is 6.20 Å². The number of nitrogens with zero attached hydrogens (tertiary/aromatic N) is 5. The van der Waals surface area contributed by atoms with Crippen LogP contribution in [0.5, 0.6) is 23.4 Å². The van der Waals surface area contributed by atoms with E-state index in [9.17, 15) is 13.9 Å². The zero-order chi connectivity index (χ0) is 22.0. The van der Waals surface area contributed by atoms with E-state index in [4.69, 9.17) is 20.9 Å². The number of rotatable bonds is 5. The number of nitrogen functional groups attached to an aromatic ring is 2. The molecule has 0 radical (unpaired) electrons. The number of halogens is 2. The van der Waals surface area contributed by atoms with E-state index in [1.54, 1.807) is 4.90 Å². The zero-order valence-electron chi connectivity index (χ0n) is 16.2. The quantitative estimate of drug-likeness (QED) is 0.514. The molecule has 12 heteroatoms. The van der Waals surface area contributed by atoms with E-state index in [2.05, 4.69) is 19.9 Å². The van der Waals surface area contributed by atoms with Crippen molar-refractivity contribution >= 4 is 17.3 Å². The summed E-state index contributed by atoms with van der Waals surface area (Å²) in [5.41, 5.74) is 11.3. The van der Waals surface area contributed by atoms with Gasteiger partial charge in [0, 0.05) is 49.8 Å². The predicted octanol–water partition coefficient (Wildman–Crippen LogP) is 2.25. The third-order valence-corrected chi connectivity index (χ3v) is 4.63. The molecule has 2 aromatic heterocycles. The molecule has 3 aromatic rings. The SMILES string of the molecule is Nc1cc(O)cc(Oc2ncnc(N3CCC(Oc4ncc(F)c(N)n4)CC3)c2F)c1. The number of phenolic OH excluding ortho intramolecular Hbond substituents is 1. The summed E-state index contributed by atoms with van der Waals surface area (Å²) in [5.74, 6) is -1.91. The molecule has 5 N–H and O–H groups in total. The van der Waals surface area contributed by atoms with Gasteiger partial charge in [-0.05, 0) is 0 Å². The first-order chi connectivity index (χ1) is 14.9. The standard InChI is InChI=1S/C19H19F2N7O3/c20-14-8-24-19(27-16(14)23)31-12-1-3-28(4-2-12)17-15(21)18(26-9-25-17)30-13-6-10(22)5-11(29)7-13/h5-9,12,29H,1-4,22H2,(H2,23,24,27). The van der Waals surface area contributed by atoms with Gasteiger partial charge in [-0.25, -0.2) is 14.4 Å². The van der Waals surface area contributed by atoms with Gasteiger partial charge in [0.25, 0.3) is 5.88 Å². The van der Waals surface area contributed by atoms with Crippen LogP contribution in [0.2, 0.25) is 0 Å². The molecule has 31 heavy (non-hydrogen) atoms. The van der Waals surface area contributed by atoms with Crippen LogP contribution in [0.15, 0.2) is 30.7 Å². The molecule has 0 unspecified atom stereocenters. The smallest absolute Gasteiger partial charge is 0.318 e. The number of ether oxygens (including phenoxy) is 2. The van der Waals surface area contributed by atoms with E-state index in [0.29, 0.717) is 25.9 Å². The fourth-order valence-electron chi connectivity index (χ4n) is 3.17. The number of aromatic hydroxyl groups is 1. The number of aromatic nitrogens is 4. The molecule has 1 saturated heterocycles. The third-order valence-electron chi connectivity index (χ3n) is 4.63. The molecule has 4 rings (SSSR count). The minimum atomic E-state index is -0.738. The van der Waals surface area contributed by atoms with Gasteiger partial charge < -0.3 is 30.9 Å². The first kappa shape index (κ1) is 20.3. The van der Waals surface area contributed by atoms with Gasteiger partial charge in [-0.2, -0.15) is 14.4 Å². The molecule has 162 valence electrons. The van der Waals surface area contributed by atoms with Gasteiger partial charge >= 0.3 is 6.01 Å². The second-order valence-electron chi connectivity index (χ2n) is 6.87. The van der Waals surface area contributed by atoms with Crippen molar-refractivity contribution in [2.45, 2.75) is 18.9 Å². The Hall–Kier alpha value is -3.96. The Morgan fingerprint density at radius 1 is 1.06 bits per heavy atom. The number of anilines is 3. The topological polar surface area (TPSA) is 146 Å². The molecule has 0 atom stereocenters. The summed E-state index contributed by atoms with van der Waals surface area (Å²) in [6.45, 7) is 0.877. The normalized spacial score (nSPS) is 14.5. The van der Waals surface area contributed by atoms with Gasteiger partial charge in [-0.1, -0.05) is 0 Å². The highest BCUT2D eigenvalue weighted by Crippen LogP contribution is 2.31. The van der Waals surface area contributed by atoms with Crippen molar-refractivity contribution in [2.75, 3.05) is 29.5 Å². The van der Waals surface area contributed by atoms with Crippen molar-refractivity contribution in [3.8, 4) is 23.4 Å². The third kappa shape index (κ3) is 4.63. The van der Waals surface area contributed by atoms with Crippen molar-refractivity contribution in [1.82, 2.24) is 19.9 Å². The highest BCUT2D eigenvalue weighted by Gasteiger charge is 2.26. The second-order valence-corrected chi connectivity index (χ2v) is 6.87. The summed E-state index contributed by atoms with van der Waals surface area (Å²) >= 11 is 0. The Bertz CT molecular complexity index is 1070. The summed E-state index contributed by atoms with van der Waals surface area (Å²) < 4.78 is 39.3. The minimum absolute atomic E-state index is 0.00774. The fourth-order valence-corrected chi connectivity index (χ4v) is 3.17. The van der Waals surface area contributed by atoms with Crippen LogP contribution in [-0.2, 0) is 0 Å². The van der Waals surface area contributed by atoms with Crippen LogP contribution in [-0.4, -0.2) is 44.2 Å². The van der Waals surface area contributed by atoms with Gasteiger partial charge in [-0.3, -0.25) is 0 Å². The number of hydrogen-bond donors (Lipinski definition) is 3. The maximum atomic E-state index is 15.0. The lowest BCUT2D eigenvalue weighted by Crippen LogP contribution is -2.39. The number of piperidine rings is 1. The van der Waals surface area contributed by atoms with Gasteiger partial charge in [-0.15, -0.1) is 0 Å². The van der Waals surface area contributed by atoms with Crippen LogP contribution in [0.4, 0.5) is 26.1 Å². The Morgan fingerprint density at radius 3 is 2.55 bits per heavy atom. The molecule has 0 bridgehead atoms. The predicted molar refractivity (Wildman–Crippen MR) is 107 cm³/mol. The highest BCUT2D eigenvalue weighted by atomic mass is 19.1. The highest BCUT2D eigenvalue weighted by molar-refractivity contribution is 5.51. The average molecular weight is 431 g/mol. The molecule has 1 aliphatic heterocycles. The number of phenols is 1. The van der Waals surface area contributed by atoms with Gasteiger partial charge in [0.2, 0.25) is 5.82 Å². The summed E-state index contributed by atoms with van der Waals surface area (Å²) in [6, 6.07) is 4.07. The van der Waals surface area contributed by atoms with E-state index in [1.165, 1.54) is 24.5 Å². The maximum absolute atomic E-state index is 15.0. The molecule has 0 saturated carbocycles. The minimum Gasteiger partial charge on any atom is -0.508 e. The molecule has 0 aliphatic carbocycles. The van der Waals surface area contributed by atoms with E-state index < -0.39 is 11.6 Å². The molecule has 1 aliphatic rings. The molecule has 3 heterocycles. The second kappa shape index (κ2) is 8.42. The molecular weight excluding hydrogens is 412 g/mol. The van der Waals surface area contributed by atoms with Crippen molar-refractivity contribution in [3.05, 3.63) is 42.4 Å². The van der Waals surface area contributed by atoms with Crippen molar-refractivity contribution in [3.63, 3.8) is 0 Å². The van der Waals surface area contributed by atoms with E-state index in [0.717, 1.165) is 6.20 Å². The van der Waals surface area contributed by atoms with Crippen molar-refractivity contribution < 1.29 is 23.4 Å². The summed E-state index contributed by atoms with van der Waals surface area (Å²) in [5, 5.41) is 9.62. The summed E-state index contributed by atoms with van der Waals surface area (Å²) in [6.07, 6.45) is 2.96. The Balaban J connectivity index is 1.42. The summed E-state index contributed by atoms with van der Waals surface area (Å²) in [7, 11) is 0. The van der Waals surface area contributed by atoms with Crippen LogP contribution >= 0.6 is 0 Å². The molecule has 0 amide bonds. The largest absolute Gasteiger partial charge is 0.508 e. The van der Waals surface area contributed by atoms with Gasteiger partial charge in [0.15, 0.2) is 17.5 Å². The molecular formula is C19H19F2N7O3. The molecule has 1 aromatic carbocycles. The monoisotopic (exact) mass is 431 g/mol. The Labute approximate surface area is 175 Å². The number of nitrogens with two attached hydrogens (primary N) is 2. The van der Waals surface area contributed by atoms with Crippen molar-refractivity contribution in [2.24, 2.45) is 0 Å². The fraction of sp³-hybridized carbons (Fsp3) is 0.263. The van der Waals surface area contributed by atoms with Crippen LogP contribution in [0.1, 0.15) is 12.8 Å².